The lowest BCUT2D eigenvalue weighted by Crippen LogP contribution is -1.98. The predicted octanol–water partition coefficient (Wildman–Crippen LogP) is 4.54. The number of benzene rings is 1. The molecule has 0 N–H and O–H groups in total. The van der Waals surface area contributed by atoms with Crippen molar-refractivity contribution in [1.29, 1.82) is 0 Å². The molecule has 0 unspecified atom stereocenters. The van der Waals surface area contributed by atoms with E-state index >= 15 is 0 Å². The minimum atomic E-state index is 0.576. The monoisotopic (exact) mass is 219 g/mol. The molecule has 1 aromatic carbocycles. The number of nitrogens with zero attached hydrogens (tertiary/aromatic N) is 1. The van der Waals surface area contributed by atoms with Gasteiger partial charge in [0.2, 0.25) is 0 Å². The van der Waals surface area contributed by atoms with Crippen LogP contribution in [0.4, 0.5) is 0 Å². The van der Waals surface area contributed by atoms with E-state index in [4.69, 9.17) is 0 Å². The SMILES string of the molecule is CC(C)c1ccc2ncsc2c1C(C)C. The van der Waals surface area contributed by atoms with E-state index in [2.05, 4.69) is 44.8 Å². The van der Waals surface area contributed by atoms with Gasteiger partial charge in [0.05, 0.1) is 15.7 Å². The van der Waals surface area contributed by atoms with Crippen LogP contribution in [0.3, 0.4) is 0 Å². The predicted molar refractivity (Wildman–Crippen MR) is 67.8 cm³/mol. The molecule has 15 heavy (non-hydrogen) atoms. The van der Waals surface area contributed by atoms with Crippen LogP contribution in [0, 0.1) is 0 Å². The molecule has 2 rings (SSSR count). The third-order valence-corrected chi connectivity index (χ3v) is 3.65. The van der Waals surface area contributed by atoms with Crippen LogP contribution in [0.2, 0.25) is 0 Å². The fraction of sp³-hybridized carbons (Fsp3) is 0.462. The highest BCUT2D eigenvalue weighted by atomic mass is 32.1. The lowest BCUT2D eigenvalue weighted by molar-refractivity contribution is 0.799. The summed E-state index contributed by atoms with van der Waals surface area (Å²) in [6, 6.07) is 4.38. The molecule has 0 saturated heterocycles. The van der Waals surface area contributed by atoms with Gasteiger partial charge in [-0.25, -0.2) is 4.98 Å². The fourth-order valence-corrected chi connectivity index (χ4v) is 3.06. The van der Waals surface area contributed by atoms with Crippen LogP contribution in [0.5, 0.6) is 0 Å². The second-order valence-electron chi connectivity index (χ2n) is 4.58. The summed E-state index contributed by atoms with van der Waals surface area (Å²) in [6.45, 7) is 9.04. The number of thiazole rings is 1. The number of aromatic nitrogens is 1. The first-order valence-corrected chi connectivity index (χ1v) is 6.35. The van der Waals surface area contributed by atoms with Gasteiger partial charge >= 0.3 is 0 Å². The average Bonchev–Trinajstić information content (AvgIpc) is 2.62. The van der Waals surface area contributed by atoms with Crippen molar-refractivity contribution in [2.75, 3.05) is 0 Å². The highest BCUT2D eigenvalue weighted by molar-refractivity contribution is 7.17. The molecule has 0 spiro atoms. The van der Waals surface area contributed by atoms with Gasteiger partial charge in [-0.05, 0) is 29.0 Å². The first-order chi connectivity index (χ1) is 7.11. The van der Waals surface area contributed by atoms with Gasteiger partial charge in [0.15, 0.2) is 0 Å². The summed E-state index contributed by atoms with van der Waals surface area (Å²) in [4.78, 5) is 4.38. The van der Waals surface area contributed by atoms with Crippen LogP contribution in [0.15, 0.2) is 17.6 Å². The van der Waals surface area contributed by atoms with E-state index in [9.17, 15) is 0 Å². The van der Waals surface area contributed by atoms with E-state index in [1.165, 1.54) is 15.8 Å². The smallest absolute Gasteiger partial charge is 0.0815 e. The van der Waals surface area contributed by atoms with E-state index in [-0.39, 0.29) is 0 Å². The Morgan fingerprint density at radius 1 is 1.07 bits per heavy atom. The molecule has 0 atom stereocenters. The zero-order chi connectivity index (χ0) is 11.0. The van der Waals surface area contributed by atoms with Crippen molar-refractivity contribution >= 4 is 21.6 Å². The van der Waals surface area contributed by atoms with Crippen LogP contribution in [-0.2, 0) is 0 Å². The Kier molecular flexibility index (Phi) is 2.79. The molecule has 0 amide bonds. The number of fused-ring (bicyclic) bond motifs is 1. The van der Waals surface area contributed by atoms with Crippen molar-refractivity contribution in [3.63, 3.8) is 0 Å². The molecule has 0 aliphatic carbocycles. The third-order valence-electron chi connectivity index (χ3n) is 2.77. The third kappa shape index (κ3) is 1.78. The Hall–Kier alpha value is -0.890. The first kappa shape index (κ1) is 10.6. The molecule has 0 saturated carbocycles. The Balaban J connectivity index is 2.75. The molecule has 0 radical (unpaired) electrons. The van der Waals surface area contributed by atoms with Crippen molar-refractivity contribution in [3.05, 3.63) is 28.8 Å². The Labute approximate surface area is 95.2 Å². The number of rotatable bonds is 2. The Bertz CT molecular complexity index is 468. The quantitative estimate of drug-likeness (QED) is 0.722. The summed E-state index contributed by atoms with van der Waals surface area (Å²) in [6.07, 6.45) is 0. The Morgan fingerprint density at radius 3 is 2.40 bits per heavy atom. The van der Waals surface area contributed by atoms with Gasteiger partial charge < -0.3 is 0 Å². The lowest BCUT2D eigenvalue weighted by Gasteiger charge is -2.16. The minimum absolute atomic E-state index is 0.576. The van der Waals surface area contributed by atoms with Gasteiger partial charge in [0.1, 0.15) is 0 Å². The standard InChI is InChI=1S/C13H17NS/c1-8(2)10-5-6-11-13(15-7-14-11)12(10)9(3)4/h5-9H,1-4H3. The van der Waals surface area contributed by atoms with Crippen LogP contribution >= 0.6 is 11.3 Å². The van der Waals surface area contributed by atoms with Crippen molar-refractivity contribution in [1.82, 2.24) is 4.98 Å². The number of hydrogen-bond acceptors (Lipinski definition) is 2. The molecule has 1 aromatic heterocycles. The minimum Gasteiger partial charge on any atom is -0.245 e. The van der Waals surface area contributed by atoms with Crippen molar-refractivity contribution in [2.24, 2.45) is 0 Å². The molecule has 0 aliphatic heterocycles. The molecule has 80 valence electrons. The summed E-state index contributed by atoms with van der Waals surface area (Å²) in [5.74, 6) is 1.17. The van der Waals surface area contributed by atoms with E-state index in [1.807, 2.05) is 5.51 Å². The van der Waals surface area contributed by atoms with Gasteiger partial charge in [0, 0.05) is 0 Å². The van der Waals surface area contributed by atoms with Gasteiger partial charge in [-0.1, -0.05) is 33.8 Å². The van der Waals surface area contributed by atoms with Gasteiger partial charge in [0.25, 0.3) is 0 Å². The molecular formula is C13H17NS. The van der Waals surface area contributed by atoms with Gasteiger partial charge in [-0.3, -0.25) is 0 Å². The topological polar surface area (TPSA) is 12.9 Å². The van der Waals surface area contributed by atoms with Crippen LogP contribution in [-0.4, -0.2) is 4.98 Å². The molecule has 1 nitrogen and oxygen atoms in total. The summed E-state index contributed by atoms with van der Waals surface area (Å²) in [5, 5.41) is 0. The zero-order valence-electron chi connectivity index (χ0n) is 9.74. The van der Waals surface area contributed by atoms with Crippen LogP contribution < -0.4 is 0 Å². The highest BCUT2D eigenvalue weighted by Gasteiger charge is 2.14. The molecule has 1 heterocycles. The summed E-state index contributed by atoms with van der Waals surface area (Å²) < 4.78 is 1.37. The fourth-order valence-electron chi connectivity index (χ4n) is 2.06. The van der Waals surface area contributed by atoms with E-state index in [0.717, 1.165) is 5.52 Å². The van der Waals surface area contributed by atoms with E-state index < -0.39 is 0 Å². The summed E-state index contributed by atoms with van der Waals surface area (Å²) in [7, 11) is 0. The van der Waals surface area contributed by atoms with Crippen LogP contribution in [0.25, 0.3) is 10.2 Å². The maximum Gasteiger partial charge on any atom is 0.0815 e. The van der Waals surface area contributed by atoms with E-state index in [1.54, 1.807) is 11.3 Å². The summed E-state index contributed by atoms with van der Waals surface area (Å²) >= 11 is 1.76. The molecule has 2 heteroatoms. The summed E-state index contributed by atoms with van der Waals surface area (Å²) in [5.41, 5.74) is 6.06. The second kappa shape index (κ2) is 3.93. The first-order valence-electron chi connectivity index (χ1n) is 5.47. The molecule has 0 bridgehead atoms. The zero-order valence-corrected chi connectivity index (χ0v) is 10.6. The van der Waals surface area contributed by atoms with Gasteiger partial charge in [-0.15, -0.1) is 11.3 Å². The molecule has 0 fully saturated rings. The van der Waals surface area contributed by atoms with Crippen molar-refractivity contribution in [3.8, 4) is 0 Å². The lowest BCUT2D eigenvalue weighted by atomic mass is 9.90. The Morgan fingerprint density at radius 2 is 1.80 bits per heavy atom. The molecule has 2 aromatic rings. The second-order valence-corrected chi connectivity index (χ2v) is 5.43. The maximum atomic E-state index is 4.38. The molecular weight excluding hydrogens is 202 g/mol. The van der Waals surface area contributed by atoms with Crippen molar-refractivity contribution < 1.29 is 0 Å². The normalized spacial score (nSPS) is 11.9. The van der Waals surface area contributed by atoms with Crippen LogP contribution in [0.1, 0.15) is 50.7 Å². The van der Waals surface area contributed by atoms with E-state index in [0.29, 0.717) is 11.8 Å². The van der Waals surface area contributed by atoms with Gasteiger partial charge in [-0.2, -0.15) is 0 Å². The van der Waals surface area contributed by atoms with Crippen molar-refractivity contribution in [2.45, 2.75) is 39.5 Å². The largest absolute Gasteiger partial charge is 0.245 e. The number of hydrogen-bond donors (Lipinski definition) is 0. The molecule has 0 aliphatic rings. The average molecular weight is 219 g/mol. The highest BCUT2D eigenvalue weighted by Crippen LogP contribution is 2.34. The maximum absolute atomic E-state index is 4.38.